The first-order valence-corrected chi connectivity index (χ1v) is 9.90. The van der Waals surface area contributed by atoms with Crippen LogP contribution >= 0.6 is 23.8 Å². The number of aromatic nitrogens is 1. The number of rotatable bonds is 6. The summed E-state index contributed by atoms with van der Waals surface area (Å²) < 4.78 is 0. The molecule has 9 heteroatoms. The predicted octanol–water partition coefficient (Wildman–Crippen LogP) is 3.65. The fourth-order valence-electron chi connectivity index (χ4n) is 3.23. The molecule has 29 heavy (non-hydrogen) atoms. The number of halogens is 1. The molecule has 3 rings (SSSR count). The summed E-state index contributed by atoms with van der Waals surface area (Å²) in [7, 11) is 0. The van der Waals surface area contributed by atoms with Crippen molar-refractivity contribution in [2.24, 2.45) is 0 Å². The first kappa shape index (κ1) is 20.9. The van der Waals surface area contributed by atoms with Crippen LogP contribution in [0.1, 0.15) is 11.5 Å². The minimum Gasteiger partial charge on any atom is -0.351 e. The van der Waals surface area contributed by atoms with Gasteiger partial charge in [-0.3, -0.25) is 0 Å². The number of anilines is 2. The van der Waals surface area contributed by atoms with Gasteiger partial charge in [-0.05, 0) is 42.0 Å². The van der Waals surface area contributed by atoms with E-state index in [1.807, 2.05) is 35.2 Å². The summed E-state index contributed by atoms with van der Waals surface area (Å²) in [5.74, 6) is 0.409. The van der Waals surface area contributed by atoms with E-state index >= 15 is 0 Å². The lowest BCUT2D eigenvalue weighted by Gasteiger charge is -2.41. The van der Waals surface area contributed by atoms with Crippen molar-refractivity contribution in [2.75, 3.05) is 29.9 Å². The van der Waals surface area contributed by atoms with Crippen molar-refractivity contribution in [3.05, 3.63) is 53.2 Å². The molecule has 2 aromatic rings. The fourth-order valence-corrected chi connectivity index (χ4v) is 3.82. The highest BCUT2D eigenvalue weighted by molar-refractivity contribution is 7.80. The molecule has 1 saturated heterocycles. The molecule has 0 amide bonds. The van der Waals surface area contributed by atoms with Gasteiger partial charge in [-0.1, -0.05) is 23.7 Å². The lowest BCUT2D eigenvalue weighted by molar-refractivity contribution is 0.346. The number of hydrogen-bond donors (Lipinski definition) is 4. The van der Waals surface area contributed by atoms with Crippen LogP contribution in [0.15, 0.2) is 42.6 Å². The van der Waals surface area contributed by atoms with Gasteiger partial charge < -0.3 is 31.3 Å². The van der Waals surface area contributed by atoms with Gasteiger partial charge in [0, 0.05) is 50.2 Å². The molecule has 1 fully saturated rings. The summed E-state index contributed by atoms with van der Waals surface area (Å²) in [6.07, 6.45) is 5.58. The van der Waals surface area contributed by atoms with Gasteiger partial charge in [-0.15, -0.1) is 0 Å². The Balaban J connectivity index is 1.66. The Morgan fingerprint density at radius 2 is 1.90 bits per heavy atom. The zero-order valence-corrected chi connectivity index (χ0v) is 17.2. The molecular formula is C20H22ClN7S. The zero-order chi connectivity index (χ0) is 20.8. The molecule has 0 bridgehead atoms. The van der Waals surface area contributed by atoms with E-state index in [1.165, 1.54) is 18.6 Å². The van der Waals surface area contributed by atoms with Crippen molar-refractivity contribution < 1.29 is 0 Å². The number of piperazine rings is 1. The number of thiocarbonyl (C=S) groups is 1. The molecule has 1 aromatic carbocycles. The highest BCUT2D eigenvalue weighted by atomic mass is 35.5. The van der Waals surface area contributed by atoms with E-state index < -0.39 is 0 Å². The van der Waals surface area contributed by atoms with Crippen LogP contribution in [0.5, 0.6) is 0 Å². The van der Waals surface area contributed by atoms with Gasteiger partial charge in [0.05, 0.1) is 17.0 Å². The Morgan fingerprint density at radius 3 is 2.52 bits per heavy atom. The van der Waals surface area contributed by atoms with Gasteiger partial charge >= 0.3 is 0 Å². The number of nitrogens with zero attached hydrogens (tertiary/aromatic N) is 3. The fraction of sp³-hybridized carbons (Fsp3) is 0.250. The molecule has 0 spiro atoms. The number of pyridine rings is 1. The molecule has 1 atom stereocenters. The summed E-state index contributed by atoms with van der Waals surface area (Å²) in [5, 5.41) is 27.0. The molecule has 1 aromatic heterocycles. The Hall–Kier alpha value is -2.84. The van der Waals surface area contributed by atoms with E-state index in [2.05, 4.69) is 15.2 Å². The van der Waals surface area contributed by atoms with Crippen LogP contribution in [0, 0.1) is 16.2 Å². The molecule has 1 aliphatic heterocycles. The molecule has 2 heterocycles. The highest BCUT2D eigenvalue weighted by Crippen LogP contribution is 2.25. The van der Waals surface area contributed by atoms with Gasteiger partial charge in [0.15, 0.2) is 5.11 Å². The van der Waals surface area contributed by atoms with Crippen LogP contribution in [-0.4, -0.2) is 59.3 Å². The second-order valence-electron chi connectivity index (χ2n) is 6.59. The van der Waals surface area contributed by atoms with Crippen LogP contribution in [0.25, 0.3) is 0 Å². The number of benzene rings is 1. The van der Waals surface area contributed by atoms with E-state index in [0.717, 1.165) is 17.1 Å². The Morgan fingerprint density at radius 1 is 1.17 bits per heavy atom. The van der Waals surface area contributed by atoms with Crippen LogP contribution in [0.4, 0.5) is 11.5 Å². The molecule has 0 saturated carbocycles. The third kappa shape index (κ3) is 4.78. The SMILES string of the molecule is N=CC(C=N)c1ccc(NC(=S)N2CCN(c3ncccc3Cl)C[C@@H]2C=N)cc1. The zero-order valence-electron chi connectivity index (χ0n) is 15.7. The van der Waals surface area contributed by atoms with Crippen molar-refractivity contribution in [3.63, 3.8) is 0 Å². The van der Waals surface area contributed by atoms with E-state index in [-0.39, 0.29) is 12.0 Å². The lowest BCUT2D eigenvalue weighted by Crippen LogP contribution is -2.57. The first-order chi connectivity index (χ1) is 14.1. The second-order valence-corrected chi connectivity index (χ2v) is 7.39. The van der Waals surface area contributed by atoms with Crippen LogP contribution in [0.3, 0.4) is 0 Å². The summed E-state index contributed by atoms with van der Waals surface area (Å²) >= 11 is 11.9. The monoisotopic (exact) mass is 427 g/mol. The van der Waals surface area contributed by atoms with Crippen LogP contribution < -0.4 is 10.2 Å². The normalized spacial score (nSPS) is 17.3. The van der Waals surface area contributed by atoms with Crippen molar-refractivity contribution in [1.29, 1.82) is 16.2 Å². The summed E-state index contributed by atoms with van der Waals surface area (Å²) in [4.78, 5) is 8.42. The molecule has 150 valence electrons. The second kappa shape index (κ2) is 9.58. The summed E-state index contributed by atoms with van der Waals surface area (Å²) in [6.45, 7) is 1.91. The Labute approximate surface area is 180 Å². The van der Waals surface area contributed by atoms with Gasteiger partial charge in [-0.25, -0.2) is 4.98 Å². The van der Waals surface area contributed by atoms with Crippen molar-refractivity contribution in [3.8, 4) is 0 Å². The van der Waals surface area contributed by atoms with E-state index in [1.54, 1.807) is 12.3 Å². The maximum absolute atomic E-state index is 7.85. The van der Waals surface area contributed by atoms with Gasteiger partial charge in [0.2, 0.25) is 0 Å². The van der Waals surface area contributed by atoms with Gasteiger partial charge in [0.25, 0.3) is 0 Å². The molecule has 7 nitrogen and oxygen atoms in total. The average molecular weight is 428 g/mol. The number of hydrogen-bond acceptors (Lipinski definition) is 6. The van der Waals surface area contributed by atoms with E-state index in [4.69, 9.17) is 40.0 Å². The average Bonchev–Trinajstić information content (AvgIpc) is 2.75. The quantitative estimate of drug-likeness (QED) is 0.416. The van der Waals surface area contributed by atoms with Crippen molar-refractivity contribution >= 4 is 59.1 Å². The highest BCUT2D eigenvalue weighted by Gasteiger charge is 2.29. The Kier molecular flexibility index (Phi) is 6.90. The van der Waals surface area contributed by atoms with Crippen molar-refractivity contribution in [2.45, 2.75) is 12.0 Å². The number of nitrogens with one attached hydrogen (secondary N) is 4. The molecule has 0 aliphatic carbocycles. The third-order valence-electron chi connectivity index (χ3n) is 4.82. The first-order valence-electron chi connectivity index (χ1n) is 9.12. The Bertz CT molecular complexity index is 894. The molecule has 1 aliphatic rings. The maximum atomic E-state index is 7.85. The predicted molar refractivity (Wildman–Crippen MR) is 124 cm³/mol. The van der Waals surface area contributed by atoms with Gasteiger partial charge in [-0.2, -0.15) is 0 Å². The van der Waals surface area contributed by atoms with E-state index in [9.17, 15) is 0 Å². The van der Waals surface area contributed by atoms with Crippen LogP contribution in [0.2, 0.25) is 5.02 Å². The standard InChI is InChI=1S/C20H22ClN7S/c21-18-2-1-7-25-19(18)27-8-9-28(17(12-24)13-27)20(29)26-16-5-3-14(4-6-16)15(10-22)11-23/h1-7,10-12,15,17,22-24H,8-9,13H2,(H,26,29)/t15?,17-/m0/s1. The topological polar surface area (TPSA) is 103 Å². The lowest BCUT2D eigenvalue weighted by atomic mass is 10.0. The van der Waals surface area contributed by atoms with E-state index in [0.29, 0.717) is 29.8 Å². The largest absolute Gasteiger partial charge is 0.351 e. The summed E-state index contributed by atoms with van der Waals surface area (Å²) in [6, 6.07) is 10.9. The summed E-state index contributed by atoms with van der Waals surface area (Å²) in [5.41, 5.74) is 1.70. The maximum Gasteiger partial charge on any atom is 0.174 e. The molecule has 4 N–H and O–H groups in total. The third-order valence-corrected chi connectivity index (χ3v) is 5.45. The molecule has 0 radical (unpaired) electrons. The smallest absolute Gasteiger partial charge is 0.174 e. The van der Waals surface area contributed by atoms with Crippen molar-refractivity contribution in [1.82, 2.24) is 9.88 Å². The minimum atomic E-state index is -0.315. The van der Waals surface area contributed by atoms with Gasteiger partial charge in [0.1, 0.15) is 5.82 Å². The molecule has 0 unspecified atom stereocenters. The molecular weight excluding hydrogens is 406 g/mol. The minimum absolute atomic E-state index is 0.193. The van der Waals surface area contributed by atoms with Crippen LogP contribution in [-0.2, 0) is 0 Å².